The van der Waals surface area contributed by atoms with Crippen LogP contribution in [-0.4, -0.2) is 47.2 Å². The minimum Gasteiger partial charge on any atom is -0.349 e. The normalized spacial score (nSPS) is 19.0. The van der Waals surface area contributed by atoms with E-state index < -0.39 is 0 Å². The topological polar surface area (TPSA) is 61.0 Å². The number of nitrogens with one attached hydrogen (secondary N) is 2. The molecule has 0 saturated carbocycles. The molecule has 0 unspecified atom stereocenters. The van der Waals surface area contributed by atoms with E-state index in [4.69, 9.17) is 0 Å². The third-order valence-corrected chi connectivity index (χ3v) is 2.81. The van der Waals surface area contributed by atoms with Crippen molar-refractivity contribution >= 4 is 5.91 Å². The Balaban J connectivity index is 1.85. The molecule has 5 heteroatoms. The Kier molecular flexibility index (Phi) is 3.01. The molecule has 2 heterocycles. The summed E-state index contributed by atoms with van der Waals surface area (Å²) < 4.78 is 0. The third-order valence-electron chi connectivity index (χ3n) is 2.81. The summed E-state index contributed by atoms with van der Waals surface area (Å²) in [6.07, 6.45) is 5.22. The summed E-state index contributed by atoms with van der Waals surface area (Å²) in [7, 11) is 2.11. The molecule has 5 nitrogen and oxygen atoms in total. The second-order valence-electron chi connectivity index (χ2n) is 4.04. The molecule has 1 amide bonds. The Hall–Kier alpha value is -1.36. The summed E-state index contributed by atoms with van der Waals surface area (Å²) >= 11 is 0. The highest BCUT2D eigenvalue weighted by molar-refractivity contribution is 5.93. The Morgan fingerprint density at radius 1 is 1.60 bits per heavy atom. The maximum Gasteiger partial charge on any atom is 0.254 e. The average Bonchev–Trinajstić information content (AvgIpc) is 2.74. The maximum absolute atomic E-state index is 11.7. The van der Waals surface area contributed by atoms with E-state index in [0.29, 0.717) is 11.6 Å². The van der Waals surface area contributed by atoms with E-state index in [0.717, 1.165) is 25.9 Å². The third kappa shape index (κ3) is 2.56. The number of H-pyrrole nitrogens is 1. The van der Waals surface area contributed by atoms with Gasteiger partial charge in [0.25, 0.3) is 5.91 Å². The van der Waals surface area contributed by atoms with E-state index in [1.807, 2.05) is 0 Å². The summed E-state index contributed by atoms with van der Waals surface area (Å²) in [6.45, 7) is 2.10. The molecule has 0 atom stereocenters. The number of rotatable bonds is 2. The van der Waals surface area contributed by atoms with Gasteiger partial charge in [-0.1, -0.05) is 0 Å². The molecule has 1 aromatic heterocycles. The molecule has 2 rings (SSSR count). The average molecular weight is 208 g/mol. The first-order valence-corrected chi connectivity index (χ1v) is 5.24. The number of nitrogens with zero attached hydrogens (tertiary/aromatic N) is 2. The van der Waals surface area contributed by atoms with E-state index in [1.165, 1.54) is 0 Å². The molecular weight excluding hydrogens is 192 g/mol. The molecule has 82 valence electrons. The number of aromatic nitrogens is 2. The SMILES string of the molecule is CN1CCC(NC(=O)c2cn[nH]c2)CC1. The minimum atomic E-state index is -0.0293. The van der Waals surface area contributed by atoms with Gasteiger partial charge in [-0.05, 0) is 33.0 Å². The van der Waals surface area contributed by atoms with Crippen LogP contribution in [0.4, 0.5) is 0 Å². The number of likely N-dealkylation sites (tertiary alicyclic amines) is 1. The lowest BCUT2D eigenvalue weighted by molar-refractivity contribution is 0.0917. The van der Waals surface area contributed by atoms with Crippen LogP contribution in [0.1, 0.15) is 23.2 Å². The standard InChI is InChI=1S/C10H16N4O/c1-14-4-2-9(3-5-14)13-10(15)8-6-11-12-7-8/h6-7,9H,2-5H2,1H3,(H,11,12)(H,13,15). The summed E-state index contributed by atoms with van der Waals surface area (Å²) in [5.74, 6) is -0.0293. The zero-order valence-corrected chi connectivity index (χ0v) is 8.86. The van der Waals surface area contributed by atoms with E-state index in [1.54, 1.807) is 12.4 Å². The van der Waals surface area contributed by atoms with Crippen molar-refractivity contribution in [3.8, 4) is 0 Å². The van der Waals surface area contributed by atoms with Gasteiger partial charge >= 0.3 is 0 Å². The van der Waals surface area contributed by atoms with Crippen LogP contribution in [0, 0.1) is 0 Å². The van der Waals surface area contributed by atoms with Gasteiger partial charge in [0.2, 0.25) is 0 Å². The Labute approximate surface area is 88.8 Å². The maximum atomic E-state index is 11.7. The van der Waals surface area contributed by atoms with Gasteiger partial charge in [0, 0.05) is 12.2 Å². The van der Waals surface area contributed by atoms with Crippen LogP contribution >= 0.6 is 0 Å². The van der Waals surface area contributed by atoms with E-state index in [9.17, 15) is 4.79 Å². The molecule has 2 N–H and O–H groups in total. The number of piperidine rings is 1. The fourth-order valence-electron chi connectivity index (χ4n) is 1.80. The van der Waals surface area contributed by atoms with Crippen LogP contribution in [-0.2, 0) is 0 Å². The molecule has 0 aromatic carbocycles. The summed E-state index contributed by atoms with van der Waals surface area (Å²) in [5.41, 5.74) is 0.605. The van der Waals surface area contributed by atoms with E-state index >= 15 is 0 Å². The zero-order chi connectivity index (χ0) is 10.7. The Morgan fingerprint density at radius 3 is 2.93 bits per heavy atom. The van der Waals surface area contributed by atoms with Crippen LogP contribution in [0.25, 0.3) is 0 Å². The molecule has 1 saturated heterocycles. The van der Waals surface area contributed by atoms with Crippen LogP contribution in [0.2, 0.25) is 0 Å². The van der Waals surface area contributed by atoms with Gasteiger partial charge in [0.1, 0.15) is 0 Å². The second kappa shape index (κ2) is 4.44. The molecule has 0 bridgehead atoms. The lowest BCUT2D eigenvalue weighted by atomic mass is 10.1. The first-order chi connectivity index (χ1) is 7.25. The van der Waals surface area contributed by atoms with Crippen molar-refractivity contribution in [3.05, 3.63) is 18.0 Å². The summed E-state index contributed by atoms with van der Waals surface area (Å²) in [5, 5.41) is 9.41. The molecule has 0 aliphatic carbocycles. The van der Waals surface area contributed by atoms with Crippen LogP contribution in [0.3, 0.4) is 0 Å². The Bertz CT molecular complexity index is 314. The molecule has 1 fully saturated rings. The minimum absolute atomic E-state index is 0.0293. The second-order valence-corrected chi connectivity index (χ2v) is 4.04. The highest BCUT2D eigenvalue weighted by atomic mass is 16.1. The van der Waals surface area contributed by atoms with Crippen molar-refractivity contribution in [3.63, 3.8) is 0 Å². The van der Waals surface area contributed by atoms with Crippen molar-refractivity contribution in [1.82, 2.24) is 20.4 Å². The number of hydrogen-bond donors (Lipinski definition) is 2. The number of hydrogen-bond acceptors (Lipinski definition) is 3. The van der Waals surface area contributed by atoms with Gasteiger partial charge in [-0.15, -0.1) is 0 Å². The lowest BCUT2D eigenvalue weighted by Gasteiger charge is -2.29. The van der Waals surface area contributed by atoms with Crippen molar-refractivity contribution < 1.29 is 4.79 Å². The smallest absolute Gasteiger partial charge is 0.254 e. The van der Waals surface area contributed by atoms with Crippen molar-refractivity contribution in [2.75, 3.05) is 20.1 Å². The van der Waals surface area contributed by atoms with Crippen LogP contribution in [0.15, 0.2) is 12.4 Å². The summed E-state index contributed by atoms with van der Waals surface area (Å²) in [6, 6.07) is 0.309. The highest BCUT2D eigenvalue weighted by Crippen LogP contribution is 2.08. The fourth-order valence-corrected chi connectivity index (χ4v) is 1.80. The van der Waals surface area contributed by atoms with Gasteiger partial charge in [-0.2, -0.15) is 5.10 Å². The molecular formula is C10H16N4O. The molecule has 1 aromatic rings. The number of carbonyl (C=O) groups is 1. The van der Waals surface area contributed by atoms with Gasteiger partial charge in [-0.25, -0.2) is 0 Å². The number of amides is 1. The quantitative estimate of drug-likeness (QED) is 0.731. The van der Waals surface area contributed by atoms with Crippen molar-refractivity contribution in [2.24, 2.45) is 0 Å². The zero-order valence-electron chi connectivity index (χ0n) is 8.86. The monoisotopic (exact) mass is 208 g/mol. The van der Waals surface area contributed by atoms with Crippen LogP contribution in [0.5, 0.6) is 0 Å². The van der Waals surface area contributed by atoms with Gasteiger partial charge in [0.15, 0.2) is 0 Å². The molecule has 0 radical (unpaired) electrons. The lowest BCUT2D eigenvalue weighted by Crippen LogP contribution is -2.43. The first-order valence-electron chi connectivity index (χ1n) is 5.24. The first kappa shape index (κ1) is 10.2. The van der Waals surface area contributed by atoms with Gasteiger partial charge < -0.3 is 10.2 Å². The Morgan fingerprint density at radius 2 is 2.33 bits per heavy atom. The molecule has 15 heavy (non-hydrogen) atoms. The van der Waals surface area contributed by atoms with E-state index in [-0.39, 0.29) is 5.91 Å². The molecule has 1 aliphatic rings. The largest absolute Gasteiger partial charge is 0.349 e. The number of aromatic amines is 1. The number of carbonyl (C=O) groups excluding carboxylic acids is 1. The molecule has 1 aliphatic heterocycles. The fraction of sp³-hybridized carbons (Fsp3) is 0.600. The van der Waals surface area contributed by atoms with Crippen molar-refractivity contribution in [2.45, 2.75) is 18.9 Å². The molecule has 0 spiro atoms. The van der Waals surface area contributed by atoms with E-state index in [2.05, 4.69) is 27.5 Å². The summed E-state index contributed by atoms with van der Waals surface area (Å²) in [4.78, 5) is 13.9. The van der Waals surface area contributed by atoms with Crippen LogP contribution < -0.4 is 5.32 Å². The predicted octanol–water partition coefficient (Wildman–Crippen LogP) is 0.234. The van der Waals surface area contributed by atoms with Gasteiger partial charge in [0.05, 0.1) is 11.8 Å². The predicted molar refractivity (Wildman–Crippen MR) is 56.6 cm³/mol. The highest BCUT2D eigenvalue weighted by Gasteiger charge is 2.19. The van der Waals surface area contributed by atoms with Gasteiger partial charge in [-0.3, -0.25) is 9.89 Å². The van der Waals surface area contributed by atoms with Crippen molar-refractivity contribution in [1.29, 1.82) is 0 Å².